The Morgan fingerprint density at radius 2 is 1.91 bits per heavy atom. The molecule has 1 aromatic carbocycles. The van der Waals surface area contributed by atoms with Crippen molar-refractivity contribution in [2.24, 2.45) is 11.8 Å². The molecule has 0 aromatic heterocycles. The molecule has 0 heterocycles. The highest BCUT2D eigenvalue weighted by atomic mass is 16.2. The monoisotopic (exact) mass is 302 g/mol. The molecule has 1 fully saturated rings. The number of hydrogen-bond acceptors (Lipinski definition) is 2. The van der Waals surface area contributed by atoms with E-state index in [1.54, 1.807) is 0 Å². The summed E-state index contributed by atoms with van der Waals surface area (Å²) in [6.07, 6.45) is 1.57. The van der Waals surface area contributed by atoms with Crippen molar-refractivity contribution in [1.29, 1.82) is 0 Å². The minimum absolute atomic E-state index is 0.0101. The van der Waals surface area contributed by atoms with Crippen molar-refractivity contribution in [3.05, 3.63) is 29.3 Å². The first-order chi connectivity index (χ1) is 10.5. The van der Waals surface area contributed by atoms with Gasteiger partial charge in [-0.3, -0.25) is 9.59 Å². The summed E-state index contributed by atoms with van der Waals surface area (Å²) >= 11 is 0. The maximum absolute atomic E-state index is 12.4. The summed E-state index contributed by atoms with van der Waals surface area (Å²) in [6.45, 7) is 8.92. The molecule has 0 radical (unpaired) electrons. The van der Waals surface area contributed by atoms with E-state index in [1.165, 1.54) is 0 Å². The Labute approximate surface area is 132 Å². The number of carbonyl (C=O) groups is 2. The summed E-state index contributed by atoms with van der Waals surface area (Å²) in [4.78, 5) is 24.3. The average Bonchev–Trinajstić information content (AvgIpc) is 3.27. The molecule has 1 aromatic rings. The third kappa shape index (κ3) is 3.67. The van der Waals surface area contributed by atoms with Crippen molar-refractivity contribution in [2.45, 2.75) is 46.5 Å². The molecule has 2 rings (SSSR count). The summed E-state index contributed by atoms with van der Waals surface area (Å²) < 4.78 is 0. The van der Waals surface area contributed by atoms with Gasteiger partial charge in [-0.15, -0.1) is 0 Å². The van der Waals surface area contributed by atoms with Gasteiger partial charge in [0.15, 0.2) is 0 Å². The Kier molecular flexibility index (Phi) is 5.22. The summed E-state index contributed by atoms with van der Waals surface area (Å²) in [6, 6.07) is 6.06. The van der Waals surface area contributed by atoms with Gasteiger partial charge in [0.05, 0.1) is 11.8 Å². The molecular weight excluding hydrogens is 276 g/mol. The van der Waals surface area contributed by atoms with Crippen LogP contribution in [0.3, 0.4) is 0 Å². The van der Waals surface area contributed by atoms with E-state index < -0.39 is 0 Å². The first-order valence-electron chi connectivity index (χ1n) is 8.13. The maximum atomic E-state index is 12.4. The number of aryl methyl sites for hydroxylation is 1. The lowest BCUT2D eigenvalue weighted by molar-refractivity contribution is -0.125. The molecule has 4 heteroatoms. The van der Waals surface area contributed by atoms with Crippen LogP contribution in [0.5, 0.6) is 0 Å². The van der Waals surface area contributed by atoms with Gasteiger partial charge in [0.25, 0.3) is 0 Å². The van der Waals surface area contributed by atoms with Crippen LogP contribution in [0.2, 0.25) is 0 Å². The number of hydrogen-bond donors (Lipinski definition) is 2. The van der Waals surface area contributed by atoms with Crippen LogP contribution in [-0.2, 0) is 9.59 Å². The fourth-order valence-corrected chi connectivity index (χ4v) is 2.71. The predicted octanol–water partition coefficient (Wildman–Crippen LogP) is 3.22. The number of para-hydroxylation sites is 1. The second-order valence-electron chi connectivity index (χ2n) is 6.42. The van der Waals surface area contributed by atoms with Gasteiger partial charge < -0.3 is 10.6 Å². The Hall–Kier alpha value is -1.84. The lowest BCUT2D eigenvalue weighted by Gasteiger charge is -2.16. The largest absolute Gasteiger partial charge is 0.356 e. The van der Waals surface area contributed by atoms with Crippen LogP contribution >= 0.6 is 0 Å². The van der Waals surface area contributed by atoms with Gasteiger partial charge >= 0.3 is 0 Å². The molecule has 120 valence electrons. The summed E-state index contributed by atoms with van der Waals surface area (Å²) in [5.41, 5.74) is 3.11. The van der Waals surface area contributed by atoms with Crippen LogP contribution in [0.15, 0.2) is 18.2 Å². The normalized spacial score (nSPS) is 19.9. The van der Waals surface area contributed by atoms with E-state index in [9.17, 15) is 9.59 Å². The summed E-state index contributed by atoms with van der Waals surface area (Å²) in [7, 11) is 0. The molecule has 22 heavy (non-hydrogen) atoms. The summed E-state index contributed by atoms with van der Waals surface area (Å²) in [5, 5.41) is 5.91. The lowest BCUT2D eigenvalue weighted by atomic mass is 9.98. The van der Waals surface area contributed by atoms with Crippen molar-refractivity contribution >= 4 is 17.5 Å². The molecular formula is C18H26N2O2. The van der Waals surface area contributed by atoms with Gasteiger partial charge in [0, 0.05) is 12.2 Å². The second-order valence-corrected chi connectivity index (χ2v) is 6.42. The summed E-state index contributed by atoms with van der Waals surface area (Å²) in [5.74, 6) is -0.0173. The molecule has 1 saturated carbocycles. The standard InChI is InChI=1S/C18H26N2O2/c1-5-9-19-17(21)14-10-15(14)18(22)20-16-12(4)7-6-8-13(16)11(2)3/h6-8,11,14-15H,5,9-10H2,1-4H3,(H,19,21)(H,20,22). The van der Waals surface area contributed by atoms with Crippen LogP contribution in [0.1, 0.15) is 50.7 Å². The fraction of sp³-hybridized carbons (Fsp3) is 0.556. The number of benzene rings is 1. The van der Waals surface area contributed by atoms with E-state index in [2.05, 4.69) is 24.5 Å². The van der Waals surface area contributed by atoms with Crippen molar-refractivity contribution < 1.29 is 9.59 Å². The zero-order valence-corrected chi connectivity index (χ0v) is 13.9. The molecule has 0 aliphatic heterocycles. The Morgan fingerprint density at radius 1 is 1.23 bits per heavy atom. The Balaban J connectivity index is 2.01. The van der Waals surface area contributed by atoms with Crippen LogP contribution in [-0.4, -0.2) is 18.4 Å². The quantitative estimate of drug-likeness (QED) is 0.847. The molecule has 4 nitrogen and oxygen atoms in total. The third-order valence-corrected chi connectivity index (χ3v) is 4.19. The molecule has 2 unspecified atom stereocenters. The molecule has 0 spiro atoms. The van der Waals surface area contributed by atoms with Gasteiger partial charge in [-0.1, -0.05) is 39.0 Å². The van der Waals surface area contributed by atoms with E-state index in [-0.39, 0.29) is 23.7 Å². The van der Waals surface area contributed by atoms with Crippen LogP contribution < -0.4 is 10.6 Å². The number of carbonyl (C=O) groups excluding carboxylic acids is 2. The van der Waals surface area contributed by atoms with Crippen molar-refractivity contribution in [1.82, 2.24) is 5.32 Å². The number of amides is 2. The Bertz CT molecular complexity index is 566. The average molecular weight is 302 g/mol. The predicted molar refractivity (Wildman–Crippen MR) is 88.8 cm³/mol. The first-order valence-corrected chi connectivity index (χ1v) is 8.13. The van der Waals surface area contributed by atoms with Gasteiger partial charge in [-0.05, 0) is 36.8 Å². The van der Waals surface area contributed by atoms with E-state index in [0.717, 1.165) is 23.2 Å². The molecule has 2 N–H and O–H groups in total. The number of nitrogens with one attached hydrogen (secondary N) is 2. The highest BCUT2D eigenvalue weighted by Crippen LogP contribution is 2.40. The fourth-order valence-electron chi connectivity index (χ4n) is 2.71. The SMILES string of the molecule is CCCNC(=O)C1CC1C(=O)Nc1c(C)cccc1C(C)C. The van der Waals surface area contributed by atoms with Gasteiger partial charge in [-0.2, -0.15) is 0 Å². The van der Waals surface area contributed by atoms with E-state index in [0.29, 0.717) is 18.9 Å². The van der Waals surface area contributed by atoms with Gasteiger partial charge in [-0.25, -0.2) is 0 Å². The zero-order valence-electron chi connectivity index (χ0n) is 13.9. The maximum Gasteiger partial charge on any atom is 0.228 e. The molecule has 1 aliphatic rings. The highest BCUT2D eigenvalue weighted by molar-refractivity contribution is 6.00. The van der Waals surface area contributed by atoms with Crippen molar-refractivity contribution in [2.75, 3.05) is 11.9 Å². The molecule has 0 saturated heterocycles. The Morgan fingerprint density at radius 3 is 2.55 bits per heavy atom. The van der Waals surface area contributed by atoms with E-state index in [4.69, 9.17) is 0 Å². The number of anilines is 1. The van der Waals surface area contributed by atoms with Crippen molar-refractivity contribution in [3.8, 4) is 0 Å². The van der Waals surface area contributed by atoms with E-state index in [1.807, 2.05) is 32.0 Å². The number of rotatable bonds is 6. The van der Waals surface area contributed by atoms with Crippen LogP contribution in [0.4, 0.5) is 5.69 Å². The van der Waals surface area contributed by atoms with E-state index >= 15 is 0 Å². The minimum atomic E-state index is -0.184. The molecule has 2 atom stereocenters. The highest BCUT2D eigenvalue weighted by Gasteiger charge is 2.48. The third-order valence-electron chi connectivity index (χ3n) is 4.19. The van der Waals surface area contributed by atoms with Gasteiger partial charge in [0.1, 0.15) is 0 Å². The molecule has 0 bridgehead atoms. The van der Waals surface area contributed by atoms with Crippen LogP contribution in [0, 0.1) is 18.8 Å². The van der Waals surface area contributed by atoms with Gasteiger partial charge in [0.2, 0.25) is 11.8 Å². The topological polar surface area (TPSA) is 58.2 Å². The second kappa shape index (κ2) is 6.95. The first kappa shape index (κ1) is 16.5. The molecule has 2 amide bonds. The van der Waals surface area contributed by atoms with Crippen molar-refractivity contribution in [3.63, 3.8) is 0 Å². The zero-order chi connectivity index (χ0) is 16.3. The lowest BCUT2D eigenvalue weighted by Crippen LogP contribution is -2.28. The minimum Gasteiger partial charge on any atom is -0.356 e. The van der Waals surface area contributed by atoms with Crippen LogP contribution in [0.25, 0.3) is 0 Å². The molecule has 1 aliphatic carbocycles. The smallest absolute Gasteiger partial charge is 0.228 e.